The molecule has 2 N–H and O–H groups in total. The molecule has 32 heavy (non-hydrogen) atoms. The first kappa shape index (κ1) is 22.0. The van der Waals surface area contributed by atoms with E-state index in [4.69, 9.17) is 0 Å². The molecular formula is C23H26N6O2S. The Bertz CT molecular complexity index is 1030. The summed E-state index contributed by atoms with van der Waals surface area (Å²) in [6, 6.07) is 10.8. The molecule has 3 aromatic rings. The lowest BCUT2D eigenvalue weighted by Gasteiger charge is -2.21. The Labute approximate surface area is 191 Å². The van der Waals surface area contributed by atoms with Crippen LogP contribution in [0.4, 0.5) is 5.69 Å². The summed E-state index contributed by atoms with van der Waals surface area (Å²) in [7, 11) is 0. The van der Waals surface area contributed by atoms with Gasteiger partial charge in [0, 0.05) is 11.4 Å². The molecule has 1 aromatic carbocycles. The molecule has 1 aliphatic rings. The molecule has 1 saturated carbocycles. The second-order valence-corrected chi connectivity index (χ2v) is 8.81. The average molecular weight is 451 g/mol. The van der Waals surface area contributed by atoms with E-state index in [-0.39, 0.29) is 17.6 Å². The number of aromatic nitrogens is 4. The van der Waals surface area contributed by atoms with Gasteiger partial charge in [-0.25, -0.2) is 14.6 Å². The minimum Gasteiger partial charge on any atom is -0.355 e. The lowest BCUT2D eigenvalue weighted by molar-refractivity contribution is -0.118. The predicted octanol–water partition coefficient (Wildman–Crippen LogP) is 3.70. The van der Waals surface area contributed by atoms with Crippen LogP contribution in [0.2, 0.25) is 0 Å². The third-order valence-electron chi connectivity index (χ3n) is 5.46. The topological polar surface area (TPSA) is 102 Å². The molecule has 0 saturated heterocycles. The average Bonchev–Trinajstić information content (AvgIpc) is 3.38. The van der Waals surface area contributed by atoms with Crippen LogP contribution in [0.3, 0.4) is 0 Å². The number of pyridine rings is 1. The number of carbonyl (C=O) groups is 2. The molecule has 0 unspecified atom stereocenters. The van der Waals surface area contributed by atoms with Crippen molar-refractivity contribution < 1.29 is 9.59 Å². The zero-order chi connectivity index (χ0) is 22.2. The first-order chi connectivity index (χ1) is 15.7. The highest BCUT2D eigenvalue weighted by Crippen LogP contribution is 2.25. The third-order valence-corrected chi connectivity index (χ3v) is 6.54. The summed E-state index contributed by atoms with van der Waals surface area (Å²) in [6.07, 6.45) is 10.8. The highest BCUT2D eigenvalue weighted by Gasteiger charge is 2.16. The zero-order valence-corrected chi connectivity index (χ0v) is 18.6. The maximum atomic E-state index is 12.8. The molecule has 2 amide bonds. The fourth-order valence-electron chi connectivity index (χ4n) is 3.74. The summed E-state index contributed by atoms with van der Waals surface area (Å²) in [4.78, 5) is 34.1. The Balaban J connectivity index is 1.32. The zero-order valence-electron chi connectivity index (χ0n) is 17.7. The van der Waals surface area contributed by atoms with Crippen LogP contribution >= 0.6 is 11.8 Å². The van der Waals surface area contributed by atoms with Crippen molar-refractivity contribution in [2.75, 3.05) is 17.6 Å². The summed E-state index contributed by atoms with van der Waals surface area (Å²) in [6.45, 7) is 0.749. The van der Waals surface area contributed by atoms with Crippen molar-refractivity contribution in [2.24, 2.45) is 5.92 Å². The molecule has 0 spiro atoms. The van der Waals surface area contributed by atoms with E-state index in [0.717, 1.165) is 11.4 Å². The van der Waals surface area contributed by atoms with Gasteiger partial charge in [0.2, 0.25) is 5.91 Å². The Morgan fingerprint density at radius 2 is 1.94 bits per heavy atom. The van der Waals surface area contributed by atoms with Crippen LogP contribution in [-0.4, -0.2) is 43.9 Å². The molecule has 2 heterocycles. The van der Waals surface area contributed by atoms with E-state index < -0.39 is 0 Å². The Morgan fingerprint density at radius 3 is 2.69 bits per heavy atom. The van der Waals surface area contributed by atoms with E-state index >= 15 is 0 Å². The number of thioether (sulfide) groups is 1. The van der Waals surface area contributed by atoms with E-state index in [1.165, 1.54) is 54.9 Å². The maximum Gasteiger partial charge on any atom is 0.256 e. The number of benzene rings is 1. The predicted molar refractivity (Wildman–Crippen MR) is 124 cm³/mol. The summed E-state index contributed by atoms with van der Waals surface area (Å²) >= 11 is 1.37. The minimum atomic E-state index is -0.244. The van der Waals surface area contributed by atoms with Gasteiger partial charge in [-0.3, -0.25) is 9.59 Å². The molecule has 0 radical (unpaired) electrons. The number of anilines is 1. The molecule has 2 aromatic heterocycles. The van der Waals surface area contributed by atoms with Crippen molar-refractivity contribution >= 4 is 29.3 Å². The highest BCUT2D eigenvalue weighted by atomic mass is 32.2. The number of hydrogen-bond acceptors (Lipinski definition) is 6. The standard InChI is InChI=1S/C23H26N6O2S/c30-22(26-12-17-6-2-1-3-7-17)14-32-20-9-5-4-8-19(20)23(31)28-18-10-11-21(25-13-18)29-16-24-15-27-29/h4-5,8-11,13,15-17H,1-3,6-7,12,14H2,(H,26,30)(H,28,31). The van der Waals surface area contributed by atoms with Crippen molar-refractivity contribution in [3.63, 3.8) is 0 Å². The van der Waals surface area contributed by atoms with E-state index in [2.05, 4.69) is 25.7 Å². The van der Waals surface area contributed by atoms with Crippen molar-refractivity contribution in [1.29, 1.82) is 0 Å². The Morgan fingerprint density at radius 1 is 1.09 bits per heavy atom. The summed E-state index contributed by atoms with van der Waals surface area (Å²) in [5.41, 5.74) is 1.10. The van der Waals surface area contributed by atoms with Gasteiger partial charge in [-0.15, -0.1) is 11.8 Å². The molecule has 9 heteroatoms. The number of carbonyl (C=O) groups excluding carboxylic acids is 2. The van der Waals surface area contributed by atoms with E-state index in [1.54, 1.807) is 30.7 Å². The van der Waals surface area contributed by atoms with Crippen molar-refractivity contribution in [3.05, 3.63) is 60.8 Å². The van der Waals surface area contributed by atoms with Crippen LogP contribution in [0, 0.1) is 5.92 Å². The summed E-state index contributed by atoms with van der Waals surface area (Å²) < 4.78 is 1.54. The van der Waals surface area contributed by atoms with Gasteiger partial charge < -0.3 is 10.6 Å². The van der Waals surface area contributed by atoms with E-state index in [0.29, 0.717) is 23.0 Å². The Hall–Kier alpha value is -3.20. The fourth-order valence-corrected chi connectivity index (χ4v) is 4.62. The maximum absolute atomic E-state index is 12.8. The monoisotopic (exact) mass is 450 g/mol. The first-order valence-electron chi connectivity index (χ1n) is 10.8. The lowest BCUT2D eigenvalue weighted by Crippen LogP contribution is -2.31. The van der Waals surface area contributed by atoms with Crippen LogP contribution < -0.4 is 10.6 Å². The van der Waals surface area contributed by atoms with Gasteiger partial charge in [-0.2, -0.15) is 5.10 Å². The second kappa shape index (κ2) is 10.9. The molecular weight excluding hydrogens is 424 g/mol. The van der Waals surface area contributed by atoms with Crippen LogP contribution in [-0.2, 0) is 4.79 Å². The molecule has 0 aliphatic heterocycles. The molecule has 1 aliphatic carbocycles. The summed E-state index contributed by atoms with van der Waals surface area (Å²) in [5.74, 6) is 1.25. The fraction of sp³-hybridized carbons (Fsp3) is 0.348. The van der Waals surface area contributed by atoms with Crippen LogP contribution in [0.1, 0.15) is 42.5 Å². The highest BCUT2D eigenvalue weighted by molar-refractivity contribution is 8.00. The van der Waals surface area contributed by atoms with E-state index in [9.17, 15) is 9.59 Å². The van der Waals surface area contributed by atoms with Gasteiger partial charge in [-0.1, -0.05) is 31.4 Å². The van der Waals surface area contributed by atoms with Gasteiger partial charge in [0.05, 0.1) is 23.2 Å². The molecule has 0 bridgehead atoms. The van der Waals surface area contributed by atoms with Gasteiger partial charge in [0.1, 0.15) is 12.7 Å². The van der Waals surface area contributed by atoms with Gasteiger partial charge in [-0.05, 0) is 43.0 Å². The number of hydrogen-bond donors (Lipinski definition) is 2. The smallest absolute Gasteiger partial charge is 0.256 e. The van der Waals surface area contributed by atoms with Gasteiger partial charge >= 0.3 is 0 Å². The number of nitrogens with zero attached hydrogens (tertiary/aromatic N) is 4. The molecule has 0 atom stereocenters. The number of rotatable bonds is 8. The number of nitrogens with one attached hydrogen (secondary N) is 2. The van der Waals surface area contributed by atoms with Gasteiger partial charge in [0.25, 0.3) is 5.91 Å². The quantitative estimate of drug-likeness (QED) is 0.508. The van der Waals surface area contributed by atoms with Gasteiger partial charge in [0.15, 0.2) is 5.82 Å². The third kappa shape index (κ3) is 5.94. The van der Waals surface area contributed by atoms with Crippen LogP contribution in [0.5, 0.6) is 0 Å². The minimum absolute atomic E-state index is 0.00341. The Kier molecular flexibility index (Phi) is 7.50. The van der Waals surface area contributed by atoms with Crippen LogP contribution in [0.15, 0.2) is 60.1 Å². The molecule has 4 rings (SSSR count). The van der Waals surface area contributed by atoms with Crippen molar-refractivity contribution in [2.45, 2.75) is 37.0 Å². The van der Waals surface area contributed by atoms with Crippen LogP contribution in [0.25, 0.3) is 5.82 Å². The SMILES string of the molecule is O=C(CSc1ccccc1C(=O)Nc1ccc(-n2cncn2)nc1)NCC1CCCCC1. The largest absolute Gasteiger partial charge is 0.355 e. The van der Waals surface area contributed by atoms with Crippen molar-refractivity contribution in [1.82, 2.24) is 25.1 Å². The van der Waals surface area contributed by atoms with E-state index in [1.807, 2.05) is 18.2 Å². The molecule has 166 valence electrons. The van der Waals surface area contributed by atoms with Crippen molar-refractivity contribution in [3.8, 4) is 5.82 Å². The molecule has 1 fully saturated rings. The molecule has 8 nitrogen and oxygen atoms in total. The normalized spacial score (nSPS) is 14.1. The second-order valence-electron chi connectivity index (χ2n) is 7.79. The first-order valence-corrected chi connectivity index (χ1v) is 11.8. The lowest BCUT2D eigenvalue weighted by atomic mass is 9.89. The summed E-state index contributed by atoms with van der Waals surface area (Å²) in [5, 5.41) is 9.94. The number of amides is 2.